The molecule has 86 valence electrons. The van der Waals surface area contributed by atoms with Crippen LogP contribution in [-0.4, -0.2) is 50.7 Å². The van der Waals surface area contributed by atoms with Gasteiger partial charge in [-0.05, 0) is 0 Å². The van der Waals surface area contributed by atoms with Gasteiger partial charge < -0.3 is 19.3 Å². The summed E-state index contributed by atoms with van der Waals surface area (Å²) in [6.45, 7) is 1.83. The standard InChI is InChI=1S/C10H16O5/c1-2-3-4-13-5-6-14-7-8-15-9-10(11)12/h1H,3-9H2,(H,11,12). The molecule has 0 aromatic heterocycles. The molecule has 0 aliphatic rings. The van der Waals surface area contributed by atoms with Crippen LogP contribution >= 0.6 is 0 Å². The molecule has 15 heavy (non-hydrogen) atoms. The first kappa shape index (κ1) is 13.9. The van der Waals surface area contributed by atoms with Crippen molar-refractivity contribution in [3.63, 3.8) is 0 Å². The normalized spacial score (nSPS) is 9.80. The highest BCUT2D eigenvalue weighted by atomic mass is 16.5. The molecular formula is C10H16O5. The molecule has 0 atom stereocenters. The van der Waals surface area contributed by atoms with Crippen LogP contribution in [-0.2, 0) is 19.0 Å². The number of terminal acetylenes is 1. The third-order valence-electron chi connectivity index (χ3n) is 1.36. The molecule has 0 aliphatic carbocycles. The molecule has 1 N–H and O–H groups in total. The van der Waals surface area contributed by atoms with Crippen molar-refractivity contribution in [2.24, 2.45) is 0 Å². The number of hydrogen-bond donors (Lipinski definition) is 1. The van der Waals surface area contributed by atoms with Gasteiger partial charge in [-0.3, -0.25) is 0 Å². The number of carbonyl (C=O) groups is 1. The molecule has 5 heteroatoms. The first-order chi connectivity index (χ1) is 7.27. The Balaban J connectivity index is 2.93. The van der Waals surface area contributed by atoms with Gasteiger partial charge >= 0.3 is 5.97 Å². The lowest BCUT2D eigenvalue weighted by atomic mass is 10.5. The Labute approximate surface area is 89.3 Å². The molecule has 0 saturated heterocycles. The number of carboxylic acid groups (broad SMARTS) is 1. The zero-order chi connectivity index (χ0) is 11.4. The van der Waals surface area contributed by atoms with Gasteiger partial charge in [-0.15, -0.1) is 12.3 Å². The van der Waals surface area contributed by atoms with Crippen LogP contribution in [0.15, 0.2) is 0 Å². The summed E-state index contributed by atoms with van der Waals surface area (Å²) in [5.74, 6) is 1.48. The molecule has 0 heterocycles. The van der Waals surface area contributed by atoms with Gasteiger partial charge in [0.2, 0.25) is 0 Å². The maximum Gasteiger partial charge on any atom is 0.329 e. The fraction of sp³-hybridized carbons (Fsp3) is 0.700. The summed E-state index contributed by atoms with van der Waals surface area (Å²) in [5, 5.41) is 8.23. The Kier molecular flexibility index (Phi) is 10.2. The minimum Gasteiger partial charge on any atom is -0.480 e. The molecule has 0 unspecified atom stereocenters. The molecule has 0 amide bonds. The van der Waals surface area contributed by atoms with Crippen LogP contribution in [0.2, 0.25) is 0 Å². The van der Waals surface area contributed by atoms with E-state index < -0.39 is 5.97 Å². The Hall–Kier alpha value is -1.09. The van der Waals surface area contributed by atoms with Crippen molar-refractivity contribution in [1.29, 1.82) is 0 Å². The first-order valence-corrected chi connectivity index (χ1v) is 4.66. The third kappa shape index (κ3) is 12.9. The SMILES string of the molecule is C#CCCOCCOCCOCC(=O)O. The first-order valence-electron chi connectivity index (χ1n) is 4.66. The molecule has 0 radical (unpaired) electrons. The summed E-state index contributed by atoms with van der Waals surface area (Å²) >= 11 is 0. The van der Waals surface area contributed by atoms with Crippen LogP contribution in [0.1, 0.15) is 6.42 Å². The lowest BCUT2D eigenvalue weighted by Gasteiger charge is -2.04. The van der Waals surface area contributed by atoms with Gasteiger partial charge in [0, 0.05) is 6.42 Å². The fourth-order valence-corrected chi connectivity index (χ4v) is 0.730. The smallest absolute Gasteiger partial charge is 0.329 e. The van der Waals surface area contributed by atoms with Gasteiger partial charge in [0.1, 0.15) is 6.61 Å². The molecule has 0 fully saturated rings. The fourth-order valence-electron chi connectivity index (χ4n) is 0.730. The highest BCUT2D eigenvalue weighted by Gasteiger charge is 1.95. The lowest BCUT2D eigenvalue weighted by Crippen LogP contribution is -2.13. The zero-order valence-electron chi connectivity index (χ0n) is 8.61. The summed E-state index contributed by atoms with van der Waals surface area (Å²) in [7, 11) is 0. The lowest BCUT2D eigenvalue weighted by molar-refractivity contribution is -0.142. The van der Waals surface area contributed by atoms with Gasteiger partial charge in [0.05, 0.1) is 33.0 Å². The minimum atomic E-state index is -0.979. The number of aliphatic carboxylic acids is 1. The summed E-state index contributed by atoms with van der Waals surface area (Å²) in [5.41, 5.74) is 0. The van der Waals surface area contributed by atoms with Crippen molar-refractivity contribution in [2.45, 2.75) is 6.42 Å². The van der Waals surface area contributed by atoms with E-state index >= 15 is 0 Å². The zero-order valence-corrected chi connectivity index (χ0v) is 8.61. The maximum absolute atomic E-state index is 10.0. The van der Waals surface area contributed by atoms with E-state index in [-0.39, 0.29) is 13.2 Å². The Morgan fingerprint density at radius 2 is 1.60 bits per heavy atom. The second-order valence-corrected chi connectivity index (χ2v) is 2.63. The number of hydrogen-bond acceptors (Lipinski definition) is 4. The summed E-state index contributed by atoms with van der Waals surface area (Å²) < 4.78 is 15.0. The molecule has 5 nitrogen and oxygen atoms in total. The molecule has 0 bridgehead atoms. The van der Waals surface area contributed by atoms with Crippen molar-refractivity contribution < 1.29 is 24.1 Å². The van der Waals surface area contributed by atoms with E-state index in [2.05, 4.69) is 5.92 Å². The van der Waals surface area contributed by atoms with E-state index in [0.717, 1.165) is 0 Å². The van der Waals surface area contributed by atoms with E-state index in [0.29, 0.717) is 32.8 Å². The van der Waals surface area contributed by atoms with Crippen molar-refractivity contribution in [3.8, 4) is 12.3 Å². The monoisotopic (exact) mass is 216 g/mol. The minimum absolute atomic E-state index is 0.274. The predicted octanol–water partition coefficient (Wildman–Crippen LogP) is 0.144. The van der Waals surface area contributed by atoms with Crippen LogP contribution in [0.3, 0.4) is 0 Å². The Morgan fingerprint density at radius 3 is 2.13 bits per heavy atom. The van der Waals surface area contributed by atoms with Gasteiger partial charge in [-0.1, -0.05) is 0 Å². The molecule has 0 aromatic carbocycles. The summed E-state index contributed by atoms with van der Waals surface area (Å²) in [6, 6.07) is 0. The molecular weight excluding hydrogens is 200 g/mol. The maximum atomic E-state index is 10.0. The average molecular weight is 216 g/mol. The summed E-state index contributed by atoms with van der Waals surface area (Å²) in [4.78, 5) is 10.0. The predicted molar refractivity (Wildman–Crippen MR) is 53.5 cm³/mol. The topological polar surface area (TPSA) is 65.0 Å². The van der Waals surface area contributed by atoms with E-state index in [9.17, 15) is 4.79 Å². The molecule has 0 rings (SSSR count). The van der Waals surface area contributed by atoms with Crippen molar-refractivity contribution in [2.75, 3.05) is 39.6 Å². The van der Waals surface area contributed by atoms with Crippen LogP contribution in [0.4, 0.5) is 0 Å². The van der Waals surface area contributed by atoms with E-state index in [1.807, 2.05) is 0 Å². The van der Waals surface area contributed by atoms with Gasteiger partial charge in [-0.2, -0.15) is 0 Å². The Morgan fingerprint density at radius 1 is 1.07 bits per heavy atom. The highest BCUT2D eigenvalue weighted by Crippen LogP contribution is 1.83. The second kappa shape index (κ2) is 11.0. The third-order valence-corrected chi connectivity index (χ3v) is 1.36. The van der Waals surface area contributed by atoms with E-state index in [1.54, 1.807) is 0 Å². The van der Waals surface area contributed by atoms with Gasteiger partial charge in [0.25, 0.3) is 0 Å². The quantitative estimate of drug-likeness (QED) is 0.416. The second-order valence-electron chi connectivity index (χ2n) is 2.63. The van der Waals surface area contributed by atoms with Gasteiger partial charge in [0.15, 0.2) is 0 Å². The van der Waals surface area contributed by atoms with Gasteiger partial charge in [-0.25, -0.2) is 4.79 Å². The number of ether oxygens (including phenoxy) is 3. The molecule has 0 spiro atoms. The van der Waals surface area contributed by atoms with E-state index in [1.165, 1.54) is 0 Å². The number of carboxylic acids is 1. The largest absolute Gasteiger partial charge is 0.480 e. The van der Waals surface area contributed by atoms with Crippen molar-refractivity contribution in [3.05, 3.63) is 0 Å². The molecule has 0 aromatic rings. The highest BCUT2D eigenvalue weighted by molar-refractivity contribution is 5.67. The van der Waals surface area contributed by atoms with Crippen LogP contribution < -0.4 is 0 Å². The van der Waals surface area contributed by atoms with Crippen LogP contribution in [0.5, 0.6) is 0 Å². The summed E-state index contributed by atoms with van der Waals surface area (Å²) in [6.07, 6.45) is 5.62. The Bertz CT molecular complexity index is 196. The van der Waals surface area contributed by atoms with Crippen molar-refractivity contribution >= 4 is 5.97 Å². The molecule has 0 saturated carbocycles. The van der Waals surface area contributed by atoms with E-state index in [4.69, 9.17) is 25.7 Å². The van der Waals surface area contributed by atoms with Crippen molar-refractivity contribution in [1.82, 2.24) is 0 Å². The van der Waals surface area contributed by atoms with Crippen LogP contribution in [0.25, 0.3) is 0 Å². The average Bonchev–Trinajstić information content (AvgIpc) is 2.20. The number of rotatable bonds is 10. The molecule has 0 aliphatic heterocycles. The van der Waals surface area contributed by atoms with Crippen LogP contribution in [0, 0.1) is 12.3 Å².